The maximum absolute atomic E-state index is 12.8. The summed E-state index contributed by atoms with van der Waals surface area (Å²) < 4.78 is 49.7. The molecule has 0 radical (unpaired) electrons. The van der Waals surface area contributed by atoms with Crippen LogP contribution in [0.4, 0.5) is 17.6 Å². The maximum atomic E-state index is 12.8. The standard InChI is InChI=1S/C8H5F4NO2/c9-5-3-13-2-4(1-6(14)15)7(5)8(10,11)12/h2-3H,1H2,(H,14,15). The first kappa shape index (κ1) is 11.4. The van der Waals surface area contributed by atoms with Crippen molar-refractivity contribution in [3.05, 3.63) is 29.3 Å². The third-order valence-electron chi connectivity index (χ3n) is 1.60. The molecule has 0 spiro atoms. The molecular formula is C8H5F4NO2. The molecule has 7 heteroatoms. The first-order chi connectivity index (χ1) is 6.82. The molecule has 0 aliphatic rings. The average molecular weight is 223 g/mol. The predicted octanol–water partition coefficient (Wildman–Crippen LogP) is 1.87. The fourth-order valence-corrected chi connectivity index (χ4v) is 1.09. The molecule has 1 heterocycles. The molecule has 1 aromatic heterocycles. The largest absolute Gasteiger partial charge is 0.481 e. The fraction of sp³-hybridized carbons (Fsp3) is 0.250. The van der Waals surface area contributed by atoms with Gasteiger partial charge in [0.15, 0.2) is 5.82 Å². The van der Waals surface area contributed by atoms with E-state index in [9.17, 15) is 22.4 Å². The van der Waals surface area contributed by atoms with Gasteiger partial charge in [-0.15, -0.1) is 0 Å². The van der Waals surface area contributed by atoms with Crippen LogP contribution in [-0.2, 0) is 17.4 Å². The number of hydrogen-bond donors (Lipinski definition) is 1. The number of nitrogens with zero attached hydrogens (tertiary/aromatic N) is 1. The van der Waals surface area contributed by atoms with Crippen molar-refractivity contribution in [1.29, 1.82) is 0 Å². The molecule has 82 valence electrons. The zero-order chi connectivity index (χ0) is 11.6. The lowest BCUT2D eigenvalue weighted by Crippen LogP contribution is -2.15. The number of carboxylic acids is 1. The number of halogens is 4. The monoisotopic (exact) mass is 223 g/mol. The fourth-order valence-electron chi connectivity index (χ4n) is 1.09. The SMILES string of the molecule is O=C(O)Cc1cncc(F)c1C(F)(F)F. The second kappa shape index (κ2) is 3.84. The Hall–Kier alpha value is -1.66. The molecule has 0 aliphatic heterocycles. The number of pyridine rings is 1. The van der Waals surface area contributed by atoms with Crippen molar-refractivity contribution in [3.8, 4) is 0 Å². The lowest BCUT2D eigenvalue weighted by atomic mass is 10.1. The Balaban J connectivity index is 3.27. The van der Waals surface area contributed by atoms with Crippen LogP contribution in [0.1, 0.15) is 11.1 Å². The molecule has 1 rings (SSSR count). The van der Waals surface area contributed by atoms with Crippen LogP contribution in [0.2, 0.25) is 0 Å². The molecule has 0 atom stereocenters. The molecule has 0 aliphatic carbocycles. The van der Waals surface area contributed by atoms with Gasteiger partial charge in [-0.05, 0) is 5.56 Å². The van der Waals surface area contributed by atoms with Gasteiger partial charge in [-0.3, -0.25) is 9.78 Å². The second-order valence-electron chi connectivity index (χ2n) is 2.72. The number of aromatic nitrogens is 1. The van der Waals surface area contributed by atoms with Crippen LogP contribution in [-0.4, -0.2) is 16.1 Å². The van der Waals surface area contributed by atoms with E-state index < -0.39 is 35.5 Å². The predicted molar refractivity (Wildman–Crippen MR) is 40.5 cm³/mol. The zero-order valence-corrected chi connectivity index (χ0v) is 7.18. The number of aliphatic carboxylic acids is 1. The Bertz CT molecular complexity index is 389. The van der Waals surface area contributed by atoms with Gasteiger partial charge in [0.25, 0.3) is 0 Å². The molecule has 0 saturated heterocycles. The highest BCUT2D eigenvalue weighted by atomic mass is 19.4. The average Bonchev–Trinajstić information content (AvgIpc) is 1.99. The topological polar surface area (TPSA) is 50.2 Å². The van der Waals surface area contributed by atoms with Gasteiger partial charge in [0, 0.05) is 6.20 Å². The second-order valence-corrected chi connectivity index (χ2v) is 2.72. The third kappa shape index (κ3) is 2.64. The molecule has 0 amide bonds. The molecule has 0 fully saturated rings. The third-order valence-corrected chi connectivity index (χ3v) is 1.60. The van der Waals surface area contributed by atoms with Crippen molar-refractivity contribution in [2.45, 2.75) is 12.6 Å². The van der Waals surface area contributed by atoms with E-state index in [2.05, 4.69) is 4.98 Å². The number of alkyl halides is 3. The van der Waals surface area contributed by atoms with E-state index in [4.69, 9.17) is 5.11 Å². The van der Waals surface area contributed by atoms with E-state index in [0.29, 0.717) is 12.4 Å². The van der Waals surface area contributed by atoms with Crippen LogP contribution in [0, 0.1) is 5.82 Å². The lowest BCUT2D eigenvalue weighted by Gasteiger charge is -2.11. The van der Waals surface area contributed by atoms with Crippen molar-refractivity contribution in [2.24, 2.45) is 0 Å². The van der Waals surface area contributed by atoms with Crippen LogP contribution in [0.25, 0.3) is 0 Å². The lowest BCUT2D eigenvalue weighted by molar-refractivity contribution is -0.141. The molecular weight excluding hydrogens is 218 g/mol. The summed E-state index contributed by atoms with van der Waals surface area (Å²) in [6.07, 6.45) is -4.74. The minimum atomic E-state index is -4.92. The summed E-state index contributed by atoms with van der Waals surface area (Å²) in [5, 5.41) is 8.33. The van der Waals surface area contributed by atoms with Gasteiger partial charge in [0.1, 0.15) is 0 Å². The highest BCUT2D eigenvalue weighted by Crippen LogP contribution is 2.33. The first-order valence-corrected chi connectivity index (χ1v) is 3.73. The Labute approximate surface area is 81.4 Å². The van der Waals surface area contributed by atoms with Crippen LogP contribution in [0.5, 0.6) is 0 Å². The molecule has 0 saturated carbocycles. The highest BCUT2D eigenvalue weighted by Gasteiger charge is 2.37. The van der Waals surface area contributed by atoms with E-state index in [-0.39, 0.29) is 0 Å². The Morgan fingerprint density at radius 3 is 2.47 bits per heavy atom. The molecule has 15 heavy (non-hydrogen) atoms. The number of hydrogen-bond acceptors (Lipinski definition) is 2. The Morgan fingerprint density at radius 2 is 2.00 bits per heavy atom. The van der Waals surface area contributed by atoms with Gasteiger partial charge in [0.2, 0.25) is 0 Å². The summed E-state index contributed by atoms with van der Waals surface area (Å²) in [6.45, 7) is 0. The van der Waals surface area contributed by atoms with Gasteiger partial charge in [-0.2, -0.15) is 13.2 Å². The summed E-state index contributed by atoms with van der Waals surface area (Å²) in [7, 11) is 0. The maximum Gasteiger partial charge on any atom is 0.419 e. The molecule has 0 unspecified atom stereocenters. The van der Waals surface area contributed by atoms with E-state index in [0.717, 1.165) is 0 Å². The highest BCUT2D eigenvalue weighted by molar-refractivity contribution is 5.70. The summed E-state index contributed by atoms with van der Waals surface area (Å²) in [4.78, 5) is 13.4. The molecule has 1 aromatic rings. The van der Waals surface area contributed by atoms with Gasteiger partial charge < -0.3 is 5.11 Å². The molecule has 0 bridgehead atoms. The number of carbonyl (C=O) groups is 1. The summed E-state index contributed by atoms with van der Waals surface area (Å²) >= 11 is 0. The Morgan fingerprint density at radius 1 is 1.40 bits per heavy atom. The van der Waals surface area contributed by atoms with Crippen molar-refractivity contribution >= 4 is 5.97 Å². The van der Waals surface area contributed by atoms with Crippen molar-refractivity contribution in [3.63, 3.8) is 0 Å². The van der Waals surface area contributed by atoms with Crippen LogP contribution in [0.3, 0.4) is 0 Å². The van der Waals surface area contributed by atoms with E-state index >= 15 is 0 Å². The zero-order valence-electron chi connectivity index (χ0n) is 7.18. The minimum Gasteiger partial charge on any atom is -0.481 e. The van der Waals surface area contributed by atoms with Crippen LogP contribution in [0.15, 0.2) is 12.4 Å². The minimum absolute atomic E-state index is 0.397. The normalized spacial score (nSPS) is 11.5. The summed E-state index contributed by atoms with van der Waals surface area (Å²) in [5.41, 5.74) is -2.25. The van der Waals surface area contributed by atoms with E-state index in [1.54, 1.807) is 0 Å². The van der Waals surface area contributed by atoms with Gasteiger partial charge in [-0.1, -0.05) is 0 Å². The van der Waals surface area contributed by atoms with Gasteiger partial charge in [0.05, 0.1) is 18.2 Å². The smallest absolute Gasteiger partial charge is 0.419 e. The van der Waals surface area contributed by atoms with Crippen molar-refractivity contribution in [1.82, 2.24) is 4.98 Å². The van der Waals surface area contributed by atoms with Gasteiger partial charge in [-0.25, -0.2) is 4.39 Å². The Kier molecular flexibility index (Phi) is 2.92. The van der Waals surface area contributed by atoms with Crippen LogP contribution < -0.4 is 0 Å². The van der Waals surface area contributed by atoms with E-state index in [1.807, 2.05) is 0 Å². The van der Waals surface area contributed by atoms with Crippen molar-refractivity contribution < 1.29 is 27.5 Å². The first-order valence-electron chi connectivity index (χ1n) is 3.73. The summed E-state index contributed by atoms with van der Waals surface area (Å²) in [6, 6.07) is 0. The quantitative estimate of drug-likeness (QED) is 0.778. The van der Waals surface area contributed by atoms with Crippen molar-refractivity contribution in [2.75, 3.05) is 0 Å². The molecule has 3 nitrogen and oxygen atoms in total. The number of carboxylic acid groups (broad SMARTS) is 1. The van der Waals surface area contributed by atoms with Crippen LogP contribution >= 0.6 is 0 Å². The molecule has 0 aromatic carbocycles. The number of rotatable bonds is 2. The molecule has 1 N–H and O–H groups in total. The van der Waals surface area contributed by atoms with E-state index in [1.165, 1.54) is 0 Å². The summed E-state index contributed by atoms with van der Waals surface area (Å²) in [5.74, 6) is -3.05. The van der Waals surface area contributed by atoms with Gasteiger partial charge >= 0.3 is 12.1 Å².